The Morgan fingerprint density at radius 1 is 0.813 bits per heavy atom. The van der Waals surface area contributed by atoms with Crippen LogP contribution in [0.2, 0.25) is 5.02 Å². The predicted octanol–water partition coefficient (Wildman–Crippen LogP) is 10.7. The van der Waals surface area contributed by atoms with E-state index in [4.69, 9.17) is 31.5 Å². The highest BCUT2D eigenvalue weighted by Gasteiger charge is 2.41. The number of nitrogens with one attached hydrogen (secondary N) is 4. The summed E-state index contributed by atoms with van der Waals surface area (Å²) in [6, 6.07) is 16.1. The summed E-state index contributed by atoms with van der Waals surface area (Å²) in [5.74, 6) is -1.54. The van der Waals surface area contributed by atoms with E-state index in [1.165, 1.54) is 22.6 Å². The molecule has 1 atom stereocenters. The number of amides is 2. The van der Waals surface area contributed by atoms with Gasteiger partial charge in [0, 0.05) is 22.7 Å². The predicted molar refractivity (Wildman–Crippen MR) is 298 cm³/mol. The van der Waals surface area contributed by atoms with Crippen molar-refractivity contribution in [1.82, 2.24) is 4.98 Å². The number of aryl methyl sites for hydroxylation is 1. The molecule has 4 aromatic carbocycles. The minimum atomic E-state index is -4.64. The van der Waals surface area contributed by atoms with Gasteiger partial charge in [0.05, 0.1) is 46.0 Å². The molecule has 1 aromatic heterocycles. The van der Waals surface area contributed by atoms with Crippen molar-refractivity contribution in [3.63, 3.8) is 0 Å². The lowest BCUT2D eigenvalue weighted by Crippen LogP contribution is -2.48. The lowest BCUT2D eigenvalue weighted by molar-refractivity contribution is -0.142. The highest BCUT2D eigenvalue weighted by molar-refractivity contribution is 7.93. The number of ketones is 1. The number of sulfonamides is 3. The van der Waals surface area contributed by atoms with Crippen molar-refractivity contribution < 1.29 is 48.8 Å². The Hall–Kier alpha value is -6.16. The Kier molecular flexibility index (Phi) is 16.9. The second-order valence-electron chi connectivity index (χ2n) is 21.4. The highest BCUT2D eigenvalue weighted by atomic mass is 35.5. The largest absolute Gasteiger partial charge is 0.434 e. The average Bonchev–Trinajstić information content (AvgIpc) is 3.99. The standard InChI is InChI=1S/C53H68ClN7O11S3/c1-13-52(7,8)33-27-38(53(9,10)14-2)45-43(28-33)57-49(71-45)40(55)26-32-19-22-37(25-31(32)3)61(36-17-15-16-18-36)50(64)72-46(47(62)51(4,5)6)48(63)56-41-29-35(20-23-39(41)54)59-75(69,70)44-24-21-34(58-73(11,65)66)30-42(44)60-74(12,67)68/h19-30,36,46,58-60H,13-18,55H2,1-12H3,(H,56,63)/b40-26-. The molecule has 22 heteroatoms. The van der Waals surface area contributed by atoms with Crippen LogP contribution in [0.15, 0.2) is 76.0 Å². The number of benzene rings is 4. The Morgan fingerprint density at radius 2 is 1.41 bits per heavy atom. The average molecular weight is 1110 g/mol. The fourth-order valence-corrected chi connectivity index (χ4v) is 11.0. The molecule has 2 amide bonds. The fourth-order valence-electron chi connectivity index (χ4n) is 8.46. The zero-order valence-electron chi connectivity index (χ0n) is 44.4. The van der Waals surface area contributed by atoms with E-state index in [0.717, 1.165) is 84.7 Å². The smallest absolute Gasteiger partial charge is 0.415 e. The zero-order chi connectivity index (χ0) is 55.8. The first kappa shape index (κ1) is 58.1. The van der Waals surface area contributed by atoms with Crippen molar-refractivity contribution in [2.45, 2.75) is 136 Å². The van der Waals surface area contributed by atoms with Gasteiger partial charge >= 0.3 is 6.09 Å². The number of ether oxygens (including phenoxy) is 1. The molecule has 6 rings (SSSR count). The maximum absolute atomic E-state index is 14.6. The summed E-state index contributed by atoms with van der Waals surface area (Å²) < 4.78 is 94.7. The molecular formula is C53H68ClN7O11S3. The number of halogens is 1. The van der Waals surface area contributed by atoms with E-state index in [-0.39, 0.29) is 44.8 Å². The monoisotopic (exact) mass is 1110 g/mol. The van der Waals surface area contributed by atoms with Crippen LogP contribution in [-0.4, -0.2) is 72.7 Å². The van der Waals surface area contributed by atoms with Crippen LogP contribution in [0.25, 0.3) is 22.9 Å². The Bertz CT molecular complexity index is 3410. The highest BCUT2D eigenvalue weighted by Crippen LogP contribution is 2.40. The molecule has 1 unspecified atom stereocenters. The SMILES string of the molecule is CCC(C)(C)c1cc(C(C)(C)CC)c2oc(/C(N)=C/c3ccc(N(C(=O)OC(C(=O)Nc4cc(NS(=O)(=O)c5ccc(NS(C)(=O)=O)cc5NS(C)(=O)=O)ccc4Cl)C(=O)C(C)(C)C)C4CCCC4)cc3C)nc2c1. The third-order valence-corrected chi connectivity index (χ3v) is 16.5. The van der Waals surface area contributed by atoms with Crippen LogP contribution < -0.4 is 30.1 Å². The van der Waals surface area contributed by atoms with Crippen LogP contribution in [0, 0.1) is 12.3 Å². The molecule has 406 valence electrons. The number of rotatable bonds is 19. The van der Waals surface area contributed by atoms with Crippen molar-refractivity contribution in [2.75, 3.05) is 36.9 Å². The van der Waals surface area contributed by atoms with Gasteiger partial charge in [0.1, 0.15) is 10.4 Å². The molecule has 1 aliphatic rings. The van der Waals surface area contributed by atoms with E-state index < -0.39 is 70.0 Å². The van der Waals surface area contributed by atoms with E-state index in [1.54, 1.807) is 39.0 Å². The molecule has 1 saturated carbocycles. The third kappa shape index (κ3) is 14.0. The van der Waals surface area contributed by atoms with Gasteiger partial charge in [-0.25, -0.2) is 35.0 Å². The van der Waals surface area contributed by atoms with Crippen molar-refractivity contribution in [1.29, 1.82) is 0 Å². The molecule has 5 aromatic rings. The number of Topliss-reactive ketones (excluding diaryl/α,β-unsaturated/α-hetero) is 1. The maximum Gasteiger partial charge on any atom is 0.415 e. The van der Waals surface area contributed by atoms with Crippen LogP contribution in [0.1, 0.15) is 129 Å². The molecule has 1 heterocycles. The van der Waals surface area contributed by atoms with Crippen LogP contribution >= 0.6 is 11.6 Å². The number of aromatic nitrogens is 1. The number of hydrogen-bond acceptors (Lipinski definition) is 13. The maximum atomic E-state index is 14.6. The second-order valence-corrected chi connectivity index (χ2v) is 27.0. The van der Waals surface area contributed by atoms with E-state index in [0.29, 0.717) is 29.8 Å². The molecule has 0 spiro atoms. The third-order valence-electron chi connectivity index (χ3n) is 13.5. The summed E-state index contributed by atoms with van der Waals surface area (Å²) in [4.78, 5) is 48.6. The molecule has 0 radical (unpaired) electrons. The lowest BCUT2D eigenvalue weighted by atomic mass is 9.76. The first-order valence-electron chi connectivity index (χ1n) is 24.4. The van der Waals surface area contributed by atoms with Crippen molar-refractivity contribution in [3.05, 3.63) is 99.9 Å². The molecule has 6 N–H and O–H groups in total. The van der Waals surface area contributed by atoms with E-state index in [9.17, 15) is 39.6 Å². The normalized spacial score (nSPS) is 14.6. The topological polar surface area (TPSA) is 266 Å². The summed E-state index contributed by atoms with van der Waals surface area (Å²) in [5, 5.41) is 2.44. The summed E-state index contributed by atoms with van der Waals surface area (Å²) in [5.41, 5.74) is 10.2. The number of carbonyl (C=O) groups excluding carboxylic acids is 3. The van der Waals surface area contributed by atoms with Gasteiger partial charge in [-0.3, -0.25) is 28.7 Å². The van der Waals surface area contributed by atoms with Crippen molar-refractivity contribution >= 4 is 111 Å². The fraction of sp³-hybridized carbons (Fsp3) is 0.434. The molecule has 1 aliphatic carbocycles. The van der Waals surface area contributed by atoms with Gasteiger partial charge in [-0.15, -0.1) is 0 Å². The summed E-state index contributed by atoms with van der Waals surface area (Å²) in [6.07, 6.45) is 5.18. The Balaban J connectivity index is 1.28. The molecule has 0 bridgehead atoms. The van der Waals surface area contributed by atoms with Gasteiger partial charge in [0.15, 0.2) is 11.4 Å². The molecule has 18 nitrogen and oxygen atoms in total. The first-order valence-corrected chi connectivity index (χ1v) is 30.1. The number of oxazole rings is 1. The van der Waals surface area contributed by atoms with E-state index >= 15 is 0 Å². The van der Waals surface area contributed by atoms with Gasteiger partial charge in [-0.1, -0.05) is 98.9 Å². The quantitative estimate of drug-likeness (QED) is 0.0482. The summed E-state index contributed by atoms with van der Waals surface area (Å²) in [6.45, 7) is 19.7. The molecule has 0 aliphatic heterocycles. The van der Waals surface area contributed by atoms with Gasteiger partial charge in [0.2, 0.25) is 32.0 Å². The van der Waals surface area contributed by atoms with Crippen molar-refractivity contribution in [3.8, 4) is 0 Å². The molecular weight excluding hydrogens is 1040 g/mol. The lowest BCUT2D eigenvalue weighted by Gasteiger charge is -2.31. The second kappa shape index (κ2) is 21.8. The van der Waals surface area contributed by atoms with Gasteiger partial charge < -0.3 is 20.2 Å². The van der Waals surface area contributed by atoms with Crippen LogP contribution in [-0.2, 0) is 55.2 Å². The van der Waals surface area contributed by atoms with Crippen LogP contribution in [0.4, 0.5) is 33.2 Å². The van der Waals surface area contributed by atoms with E-state index in [2.05, 4.69) is 73.2 Å². The molecule has 1 fully saturated rings. The summed E-state index contributed by atoms with van der Waals surface area (Å²) in [7, 11) is -12.5. The zero-order valence-corrected chi connectivity index (χ0v) is 47.6. The van der Waals surface area contributed by atoms with Gasteiger partial charge in [-0.05, 0) is 121 Å². The molecule has 0 saturated heterocycles. The number of hydrogen-bond donors (Lipinski definition) is 5. The van der Waals surface area contributed by atoms with Gasteiger partial charge in [-0.2, -0.15) is 0 Å². The minimum absolute atomic E-state index is 0.0838. The number of nitrogens with two attached hydrogens (primary N) is 1. The Labute approximate surface area is 445 Å². The summed E-state index contributed by atoms with van der Waals surface area (Å²) >= 11 is 6.51. The first-order chi connectivity index (χ1) is 34.6. The minimum Gasteiger partial charge on any atom is -0.434 e. The Morgan fingerprint density at radius 3 is 2.00 bits per heavy atom. The number of anilines is 5. The number of fused-ring (bicyclic) bond motifs is 1. The van der Waals surface area contributed by atoms with Crippen molar-refractivity contribution in [2.24, 2.45) is 11.1 Å². The van der Waals surface area contributed by atoms with Crippen LogP contribution in [0.3, 0.4) is 0 Å². The number of nitrogens with zero attached hydrogens (tertiary/aromatic N) is 2. The van der Waals surface area contributed by atoms with Crippen LogP contribution in [0.5, 0.6) is 0 Å². The molecule has 75 heavy (non-hydrogen) atoms. The van der Waals surface area contributed by atoms with Gasteiger partial charge in [0.25, 0.3) is 15.9 Å². The number of carbonyl (C=O) groups is 3. The van der Waals surface area contributed by atoms with E-state index in [1.807, 2.05) is 13.0 Å².